The Labute approximate surface area is 443 Å². The van der Waals surface area contributed by atoms with Crippen molar-refractivity contribution in [2.24, 2.45) is 0 Å². The summed E-state index contributed by atoms with van der Waals surface area (Å²) in [5.41, 5.74) is 0. The number of nitrogens with one attached hydrogen (secondary N) is 1. The van der Waals surface area contributed by atoms with E-state index in [1.165, 1.54) is 283 Å². The maximum atomic E-state index is 12.5. The minimum atomic E-state index is -0.840. The maximum absolute atomic E-state index is 12.5. The second-order valence-corrected chi connectivity index (χ2v) is 22.1. The molecule has 0 aromatic rings. The number of aliphatic hydroxyl groups is 2. The number of aliphatic hydroxyl groups excluding tert-OH is 2. The summed E-state index contributed by atoms with van der Waals surface area (Å²) in [6.45, 7) is 4.89. The highest BCUT2D eigenvalue weighted by molar-refractivity contribution is 5.76. The van der Waals surface area contributed by atoms with E-state index in [4.69, 9.17) is 4.74 Å². The Bertz CT molecular complexity index is 1110. The van der Waals surface area contributed by atoms with E-state index in [0.29, 0.717) is 19.4 Å². The maximum Gasteiger partial charge on any atom is 0.305 e. The summed E-state index contributed by atoms with van der Waals surface area (Å²) >= 11 is 0. The van der Waals surface area contributed by atoms with Crippen molar-refractivity contribution in [2.75, 3.05) is 13.2 Å². The van der Waals surface area contributed by atoms with Gasteiger partial charge in [-0.05, 0) is 57.8 Å². The van der Waals surface area contributed by atoms with Gasteiger partial charge in [-0.15, -0.1) is 0 Å². The minimum absolute atomic E-state index is 0.00919. The normalized spacial score (nSPS) is 12.7. The van der Waals surface area contributed by atoms with E-state index >= 15 is 0 Å². The fourth-order valence-corrected chi connectivity index (χ4v) is 10.0. The van der Waals surface area contributed by atoms with Gasteiger partial charge in [0, 0.05) is 12.8 Å². The zero-order valence-electron chi connectivity index (χ0n) is 48.0. The van der Waals surface area contributed by atoms with Crippen molar-refractivity contribution >= 4 is 11.9 Å². The Morgan fingerprint density at radius 2 is 0.662 bits per heavy atom. The number of ether oxygens (including phenoxy) is 1. The Morgan fingerprint density at radius 1 is 0.380 bits per heavy atom. The number of rotatable bonds is 60. The molecular formula is C65H125NO5. The number of allylic oxidation sites excluding steroid dienone is 3. The first-order valence-electron chi connectivity index (χ1n) is 32.1. The number of esters is 1. The van der Waals surface area contributed by atoms with Gasteiger partial charge in [0.25, 0.3) is 0 Å². The van der Waals surface area contributed by atoms with Crippen LogP contribution in [0.4, 0.5) is 0 Å². The summed E-state index contributed by atoms with van der Waals surface area (Å²) in [5, 5.41) is 23.1. The molecule has 71 heavy (non-hydrogen) atoms. The molecule has 0 aromatic heterocycles. The molecular weight excluding hydrogens is 875 g/mol. The van der Waals surface area contributed by atoms with E-state index in [9.17, 15) is 19.8 Å². The largest absolute Gasteiger partial charge is 0.466 e. The van der Waals surface area contributed by atoms with Crippen molar-refractivity contribution in [3.05, 3.63) is 24.3 Å². The van der Waals surface area contributed by atoms with Crippen LogP contribution in [0.2, 0.25) is 0 Å². The molecule has 0 saturated heterocycles. The van der Waals surface area contributed by atoms with Crippen molar-refractivity contribution in [1.29, 1.82) is 0 Å². The van der Waals surface area contributed by atoms with Crippen LogP contribution in [0, 0.1) is 0 Å². The molecule has 0 radical (unpaired) electrons. The van der Waals surface area contributed by atoms with Gasteiger partial charge in [0.2, 0.25) is 5.91 Å². The summed E-state index contributed by atoms with van der Waals surface area (Å²) in [4.78, 5) is 24.5. The first-order valence-corrected chi connectivity index (χ1v) is 32.1. The third-order valence-electron chi connectivity index (χ3n) is 15.0. The first-order chi connectivity index (χ1) is 35.0. The molecule has 0 rings (SSSR count). The number of hydrogen-bond acceptors (Lipinski definition) is 5. The predicted molar refractivity (Wildman–Crippen MR) is 310 cm³/mol. The molecule has 0 aliphatic heterocycles. The van der Waals surface area contributed by atoms with Gasteiger partial charge < -0.3 is 20.3 Å². The molecule has 0 fully saturated rings. The molecule has 6 heteroatoms. The third-order valence-corrected chi connectivity index (χ3v) is 15.0. The SMILES string of the molecule is CCCCC/C=C\CCCCCCCC(=O)OCCCCCCCCCCCCCCCCCCCCCCCCCCCCCCCC(=O)NC(CO)C(O)/C=C/CCCCCCCCCCCCC. The third kappa shape index (κ3) is 57.5. The lowest BCUT2D eigenvalue weighted by atomic mass is 10.0. The number of unbranched alkanes of at least 4 members (excludes halogenated alkanes) is 47. The fourth-order valence-electron chi connectivity index (χ4n) is 10.0. The number of amides is 1. The predicted octanol–water partition coefficient (Wildman–Crippen LogP) is 20.2. The summed E-state index contributed by atoms with van der Waals surface area (Å²) in [7, 11) is 0. The first kappa shape index (κ1) is 69.3. The zero-order chi connectivity index (χ0) is 51.4. The molecule has 6 nitrogen and oxygen atoms in total. The standard InChI is InChI=1S/C65H125NO5/c1-3-5-7-9-11-13-15-34-37-41-45-49-53-57-63(68)62(61-67)66-64(69)58-54-50-46-42-38-35-32-30-28-26-24-22-20-18-17-19-21-23-25-27-29-31-33-36-40-44-48-52-56-60-71-65(70)59-55-51-47-43-39-16-14-12-10-8-6-4-2/h12,14,53,57,62-63,67-68H,3-11,13,15-52,54-56,58-61H2,1-2H3,(H,66,69)/b14-12-,57-53+. The van der Waals surface area contributed by atoms with Crippen molar-refractivity contribution in [3.8, 4) is 0 Å². The van der Waals surface area contributed by atoms with E-state index in [1.807, 2.05) is 6.08 Å². The molecule has 2 atom stereocenters. The van der Waals surface area contributed by atoms with Gasteiger partial charge in [0.05, 0.1) is 25.4 Å². The smallest absolute Gasteiger partial charge is 0.305 e. The summed E-state index contributed by atoms with van der Waals surface area (Å²) in [5.74, 6) is -0.0542. The fraction of sp³-hybridized carbons (Fsp3) is 0.908. The van der Waals surface area contributed by atoms with Gasteiger partial charge in [-0.3, -0.25) is 9.59 Å². The molecule has 0 saturated carbocycles. The molecule has 3 N–H and O–H groups in total. The van der Waals surface area contributed by atoms with Crippen LogP contribution >= 0.6 is 0 Å². The summed E-state index contributed by atoms with van der Waals surface area (Å²) in [6.07, 6.45) is 75.3. The van der Waals surface area contributed by atoms with Crippen LogP contribution in [-0.4, -0.2) is 47.4 Å². The highest BCUT2D eigenvalue weighted by Gasteiger charge is 2.18. The average molecular weight is 1000 g/mol. The second kappa shape index (κ2) is 60.9. The lowest BCUT2D eigenvalue weighted by molar-refractivity contribution is -0.143. The van der Waals surface area contributed by atoms with Crippen molar-refractivity contribution in [2.45, 2.75) is 366 Å². The molecule has 0 aliphatic carbocycles. The van der Waals surface area contributed by atoms with Crippen LogP contribution < -0.4 is 5.32 Å². The molecule has 2 unspecified atom stereocenters. The quantitative estimate of drug-likeness (QED) is 0.0320. The van der Waals surface area contributed by atoms with Gasteiger partial charge >= 0.3 is 5.97 Å². The van der Waals surface area contributed by atoms with Gasteiger partial charge in [-0.2, -0.15) is 0 Å². The highest BCUT2D eigenvalue weighted by atomic mass is 16.5. The van der Waals surface area contributed by atoms with E-state index < -0.39 is 12.1 Å². The molecule has 1 amide bonds. The lowest BCUT2D eigenvalue weighted by Gasteiger charge is -2.20. The van der Waals surface area contributed by atoms with E-state index in [1.54, 1.807) is 6.08 Å². The number of carbonyl (C=O) groups excluding carboxylic acids is 2. The van der Waals surface area contributed by atoms with Crippen LogP contribution in [0.3, 0.4) is 0 Å². The Hall–Kier alpha value is -1.66. The van der Waals surface area contributed by atoms with Crippen LogP contribution in [-0.2, 0) is 14.3 Å². The molecule has 0 bridgehead atoms. The van der Waals surface area contributed by atoms with Crippen LogP contribution in [0.5, 0.6) is 0 Å². The molecule has 420 valence electrons. The van der Waals surface area contributed by atoms with E-state index in [-0.39, 0.29) is 18.5 Å². The summed E-state index contributed by atoms with van der Waals surface area (Å²) < 4.78 is 5.47. The van der Waals surface area contributed by atoms with Crippen molar-refractivity contribution in [3.63, 3.8) is 0 Å². The molecule has 0 aliphatic rings. The van der Waals surface area contributed by atoms with Gasteiger partial charge in [0.15, 0.2) is 0 Å². The van der Waals surface area contributed by atoms with E-state index in [2.05, 4.69) is 31.3 Å². The van der Waals surface area contributed by atoms with E-state index in [0.717, 1.165) is 44.9 Å². The minimum Gasteiger partial charge on any atom is -0.466 e. The highest BCUT2D eigenvalue weighted by Crippen LogP contribution is 2.18. The number of hydrogen-bond donors (Lipinski definition) is 3. The summed E-state index contributed by atoms with van der Waals surface area (Å²) in [6, 6.07) is -0.624. The van der Waals surface area contributed by atoms with Crippen LogP contribution in [0.25, 0.3) is 0 Å². The Kier molecular flexibility index (Phi) is 59.5. The Morgan fingerprint density at radius 3 is 1.03 bits per heavy atom. The lowest BCUT2D eigenvalue weighted by Crippen LogP contribution is -2.45. The Balaban J connectivity index is 3.34. The molecule has 0 spiro atoms. The topological polar surface area (TPSA) is 95.9 Å². The van der Waals surface area contributed by atoms with Crippen molar-refractivity contribution < 1.29 is 24.5 Å². The van der Waals surface area contributed by atoms with Crippen molar-refractivity contribution in [1.82, 2.24) is 5.32 Å². The van der Waals surface area contributed by atoms with Gasteiger partial charge in [0.1, 0.15) is 0 Å². The van der Waals surface area contributed by atoms with Crippen LogP contribution in [0.15, 0.2) is 24.3 Å². The monoisotopic (exact) mass is 1000 g/mol. The van der Waals surface area contributed by atoms with Crippen LogP contribution in [0.1, 0.15) is 354 Å². The molecule has 0 aromatic carbocycles. The average Bonchev–Trinajstić information content (AvgIpc) is 3.37. The molecule has 0 heterocycles. The van der Waals surface area contributed by atoms with Gasteiger partial charge in [-0.1, -0.05) is 308 Å². The number of carbonyl (C=O) groups is 2. The zero-order valence-corrected chi connectivity index (χ0v) is 48.0. The van der Waals surface area contributed by atoms with Gasteiger partial charge in [-0.25, -0.2) is 0 Å². The second-order valence-electron chi connectivity index (χ2n) is 22.1.